The van der Waals surface area contributed by atoms with Gasteiger partial charge in [0.05, 0.1) is 6.04 Å². The van der Waals surface area contributed by atoms with Gasteiger partial charge in [-0.05, 0) is 31.2 Å². The Balaban J connectivity index is 1.99. The fraction of sp³-hybridized carbons (Fsp3) is 0.118. The highest BCUT2D eigenvalue weighted by molar-refractivity contribution is 5.93. The zero-order chi connectivity index (χ0) is 14.8. The highest BCUT2D eigenvalue weighted by Crippen LogP contribution is 2.28. The second kappa shape index (κ2) is 5.48. The van der Waals surface area contributed by atoms with Crippen molar-refractivity contribution in [2.24, 2.45) is 0 Å². The highest BCUT2D eigenvalue weighted by Gasteiger charge is 2.16. The summed E-state index contributed by atoms with van der Waals surface area (Å²) in [5.74, 6) is -1.09. The van der Waals surface area contributed by atoms with Crippen molar-refractivity contribution in [1.82, 2.24) is 4.98 Å². The molecule has 0 saturated carbocycles. The largest absolute Gasteiger partial charge is 0.378 e. The highest BCUT2D eigenvalue weighted by atomic mass is 19.1. The molecule has 1 atom stereocenters. The number of pyridine rings is 1. The van der Waals surface area contributed by atoms with Gasteiger partial charge in [0.15, 0.2) is 0 Å². The summed E-state index contributed by atoms with van der Waals surface area (Å²) in [6.45, 7) is 1.74. The van der Waals surface area contributed by atoms with Crippen molar-refractivity contribution in [2.45, 2.75) is 13.0 Å². The van der Waals surface area contributed by atoms with Crippen LogP contribution in [0, 0.1) is 11.6 Å². The second-order valence-corrected chi connectivity index (χ2v) is 4.90. The minimum Gasteiger partial charge on any atom is -0.378 e. The van der Waals surface area contributed by atoms with Crippen LogP contribution < -0.4 is 5.32 Å². The number of hydrogen-bond acceptors (Lipinski definition) is 2. The molecular formula is C17H14F2N2. The van der Waals surface area contributed by atoms with Crippen molar-refractivity contribution in [3.63, 3.8) is 0 Å². The van der Waals surface area contributed by atoms with Gasteiger partial charge in [-0.25, -0.2) is 8.78 Å². The first-order valence-corrected chi connectivity index (χ1v) is 6.70. The monoisotopic (exact) mass is 284 g/mol. The van der Waals surface area contributed by atoms with E-state index in [1.54, 1.807) is 19.3 Å². The number of benzene rings is 2. The molecule has 2 nitrogen and oxygen atoms in total. The summed E-state index contributed by atoms with van der Waals surface area (Å²) in [5.41, 5.74) is 0.869. The van der Waals surface area contributed by atoms with Crippen LogP contribution >= 0.6 is 0 Å². The Labute approximate surface area is 121 Å². The van der Waals surface area contributed by atoms with E-state index < -0.39 is 17.7 Å². The molecule has 0 aliphatic rings. The molecule has 1 aromatic heterocycles. The average Bonchev–Trinajstić information content (AvgIpc) is 2.47. The summed E-state index contributed by atoms with van der Waals surface area (Å²) in [4.78, 5) is 4.07. The summed E-state index contributed by atoms with van der Waals surface area (Å²) in [6.07, 6.45) is 3.46. The van der Waals surface area contributed by atoms with Gasteiger partial charge in [0.25, 0.3) is 0 Å². The predicted octanol–water partition coefficient (Wildman–Crippen LogP) is 4.69. The number of hydrogen-bond donors (Lipinski definition) is 1. The maximum atomic E-state index is 13.8. The molecule has 0 fully saturated rings. The van der Waals surface area contributed by atoms with Crippen molar-refractivity contribution in [3.05, 3.63) is 72.1 Å². The normalized spacial score (nSPS) is 12.3. The molecule has 0 aliphatic carbocycles. The quantitative estimate of drug-likeness (QED) is 0.755. The number of nitrogens with zero attached hydrogens (tertiary/aromatic N) is 1. The molecule has 0 amide bonds. The van der Waals surface area contributed by atoms with Gasteiger partial charge in [0.2, 0.25) is 0 Å². The predicted molar refractivity (Wildman–Crippen MR) is 80.1 cm³/mol. The number of anilines is 1. The van der Waals surface area contributed by atoms with E-state index in [-0.39, 0.29) is 5.56 Å². The van der Waals surface area contributed by atoms with Crippen molar-refractivity contribution < 1.29 is 8.78 Å². The van der Waals surface area contributed by atoms with Gasteiger partial charge in [-0.15, -0.1) is 0 Å². The van der Waals surface area contributed by atoms with Crippen LogP contribution in [0.15, 0.2) is 54.9 Å². The van der Waals surface area contributed by atoms with Crippen molar-refractivity contribution in [1.29, 1.82) is 0 Å². The number of nitrogens with one attached hydrogen (secondary N) is 1. The molecule has 0 radical (unpaired) electrons. The fourth-order valence-corrected chi connectivity index (χ4v) is 2.48. The van der Waals surface area contributed by atoms with Crippen LogP contribution in [0.3, 0.4) is 0 Å². The molecule has 3 aromatic rings. The standard InChI is InChI=1S/C17H14F2N2/c1-11(17-14(18)5-3-6-15(17)19)21-16-7-2-4-12-10-20-9-8-13(12)16/h2-11,21H,1H3. The van der Waals surface area contributed by atoms with Gasteiger partial charge < -0.3 is 5.32 Å². The first-order chi connectivity index (χ1) is 10.2. The van der Waals surface area contributed by atoms with Crippen molar-refractivity contribution >= 4 is 16.5 Å². The van der Waals surface area contributed by atoms with Crippen LogP contribution in [0.2, 0.25) is 0 Å². The van der Waals surface area contributed by atoms with Gasteiger partial charge in [-0.3, -0.25) is 4.98 Å². The molecule has 0 bridgehead atoms. The lowest BCUT2D eigenvalue weighted by molar-refractivity contribution is 0.544. The lowest BCUT2D eigenvalue weighted by atomic mass is 10.1. The SMILES string of the molecule is CC(Nc1cccc2cnccc12)c1c(F)cccc1F. The van der Waals surface area contributed by atoms with E-state index in [4.69, 9.17) is 0 Å². The zero-order valence-electron chi connectivity index (χ0n) is 11.5. The van der Waals surface area contributed by atoms with E-state index in [2.05, 4.69) is 10.3 Å². The maximum absolute atomic E-state index is 13.8. The first-order valence-electron chi connectivity index (χ1n) is 6.70. The van der Waals surface area contributed by atoms with E-state index in [1.807, 2.05) is 24.3 Å². The maximum Gasteiger partial charge on any atom is 0.131 e. The van der Waals surface area contributed by atoms with Gasteiger partial charge in [0, 0.05) is 34.4 Å². The van der Waals surface area contributed by atoms with Gasteiger partial charge in [-0.2, -0.15) is 0 Å². The molecule has 106 valence electrons. The number of fused-ring (bicyclic) bond motifs is 1. The number of halogens is 2. The van der Waals surface area contributed by atoms with Crippen LogP contribution in [0.1, 0.15) is 18.5 Å². The topological polar surface area (TPSA) is 24.9 Å². The zero-order valence-corrected chi connectivity index (χ0v) is 11.5. The lowest BCUT2D eigenvalue weighted by Crippen LogP contribution is -2.11. The molecule has 3 rings (SSSR count). The van der Waals surface area contributed by atoms with Gasteiger partial charge >= 0.3 is 0 Å². The molecule has 1 heterocycles. The molecule has 0 aliphatic heterocycles. The Bertz CT molecular complexity index is 761. The third kappa shape index (κ3) is 2.57. The molecule has 21 heavy (non-hydrogen) atoms. The molecule has 1 unspecified atom stereocenters. The minimum atomic E-state index is -0.545. The molecular weight excluding hydrogens is 270 g/mol. The smallest absolute Gasteiger partial charge is 0.131 e. The number of aromatic nitrogens is 1. The van der Waals surface area contributed by atoms with E-state index in [0.717, 1.165) is 16.5 Å². The summed E-state index contributed by atoms with van der Waals surface area (Å²) in [7, 11) is 0. The van der Waals surface area contributed by atoms with Crippen LogP contribution in [-0.4, -0.2) is 4.98 Å². The van der Waals surface area contributed by atoms with Crippen LogP contribution in [-0.2, 0) is 0 Å². The Morgan fingerprint density at radius 1 is 1.00 bits per heavy atom. The third-order valence-corrected chi connectivity index (χ3v) is 3.49. The molecule has 0 saturated heterocycles. The third-order valence-electron chi connectivity index (χ3n) is 3.49. The Morgan fingerprint density at radius 3 is 2.48 bits per heavy atom. The summed E-state index contributed by atoms with van der Waals surface area (Å²) >= 11 is 0. The molecule has 0 spiro atoms. The van der Waals surface area contributed by atoms with Crippen molar-refractivity contribution in [3.8, 4) is 0 Å². The molecule has 1 N–H and O–H groups in total. The first kappa shape index (κ1) is 13.5. The van der Waals surface area contributed by atoms with E-state index in [0.29, 0.717) is 0 Å². The van der Waals surface area contributed by atoms with Crippen LogP contribution in [0.5, 0.6) is 0 Å². The number of rotatable bonds is 3. The Kier molecular flexibility index (Phi) is 3.52. The van der Waals surface area contributed by atoms with Crippen molar-refractivity contribution in [2.75, 3.05) is 5.32 Å². The lowest BCUT2D eigenvalue weighted by Gasteiger charge is -2.18. The Hall–Kier alpha value is -2.49. The van der Waals surface area contributed by atoms with E-state index in [1.165, 1.54) is 18.2 Å². The minimum absolute atomic E-state index is 0.0450. The molecule has 2 aromatic carbocycles. The van der Waals surface area contributed by atoms with E-state index >= 15 is 0 Å². The van der Waals surface area contributed by atoms with Crippen LogP contribution in [0.4, 0.5) is 14.5 Å². The summed E-state index contributed by atoms with van der Waals surface area (Å²) in [6, 6.07) is 11.0. The van der Waals surface area contributed by atoms with Crippen LogP contribution in [0.25, 0.3) is 10.8 Å². The second-order valence-electron chi connectivity index (χ2n) is 4.90. The van der Waals surface area contributed by atoms with E-state index in [9.17, 15) is 8.78 Å². The van der Waals surface area contributed by atoms with Gasteiger partial charge in [0.1, 0.15) is 11.6 Å². The summed E-state index contributed by atoms with van der Waals surface area (Å²) < 4.78 is 27.7. The van der Waals surface area contributed by atoms with Gasteiger partial charge in [-0.1, -0.05) is 18.2 Å². The molecule has 4 heteroatoms. The Morgan fingerprint density at radius 2 is 1.71 bits per heavy atom. The fourth-order valence-electron chi connectivity index (χ4n) is 2.48. The summed E-state index contributed by atoms with van der Waals surface area (Å²) in [5, 5.41) is 5.12. The average molecular weight is 284 g/mol.